The fourth-order valence-corrected chi connectivity index (χ4v) is 4.52. The molecule has 33 heavy (non-hydrogen) atoms. The standard InChI is InChI=1S/C19H39NO12Si/c1-8(21)20-10-14(27-2)11(22)9(7-29-33(4,5)6)30-18(10)31-15-12(23)13(24)19(28-3)32-16(15)17(25)26/h8-26H,7H2,1-6H3/t8?,9-,10?,11?,12-,13-,14-,15?,16+,18?,19+/m1/s1. The molecule has 0 amide bonds. The summed E-state index contributed by atoms with van der Waals surface area (Å²) in [6.45, 7) is 7.39. The van der Waals surface area contributed by atoms with Crippen molar-refractivity contribution >= 4 is 8.32 Å². The molecule has 2 rings (SSSR count). The predicted molar refractivity (Wildman–Crippen MR) is 114 cm³/mol. The fourth-order valence-electron chi connectivity index (χ4n) is 3.85. The summed E-state index contributed by atoms with van der Waals surface area (Å²) in [5.41, 5.74) is 0. The average Bonchev–Trinajstić information content (AvgIpc) is 2.71. The summed E-state index contributed by atoms with van der Waals surface area (Å²) in [4.78, 5) is 0. The van der Waals surface area contributed by atoms with Gasteiger partial charge < -0.3 is 58.7 Å². The van der Waals surface area contributed by atoms with Crippen molar-refractivity contribution in [3.8, 4) is 0 Å². The Morgan fingerprint density at radius 2 is 1.52 bits per heavy atom. The molecule has 2 saturated heterocycles. The SMILES string of the molecule is CO[C@@H]1C(NC(C)O)C(OC2[C@@H](C(O)O)O[C@H](OC)[C@H](O)[C@H]2O)O[C@H](CO[Si](C)(C)C)C1O. The molecule has 2 heterocycles. The van der Waals surface area contributed by atoms with E-state index in [1.807, 2.05) is 19.6 Å². The van der Waals surface area contributed by atoms with Crippen molar-refractivity contribution in [2.24, 2.45) is 0 Å². The van der Waals surface area contributed by atoms with Crippen LogP contribution in [0.2, 0.25) is 19.6 Å². The Kier molecular flexibility index (Phi) is 10.6. The van der Waals surface area contributed by atoms with Gasteiger partial charge in [-0.15, -0.1) is 0 Å². The molecule has 2 aliphatic heterocycles. The molecule has 2 fully saturated rings. The number of aliphatic hydroxyl groups is 6. The first kappa shape index (κ1) is 28.9. The van der Waals surface area contributed by atoms with E-state index in [1.54, 1.807) is 0 Å². The van der Waals surface area contributed by atoms with Crippen LogP contribution in [0, 0.1) is 0 Å². The smallest absolute Gasteiger partial charge is 0.186 e. The third kappa shape index (κ3) is 7.34. The van der Waals surface area contributed by atoms with E-state index in [-0.39, 0.29) is 6.61 Å². The Morgan fingerprint density at radius 1 is 0.879 bits per heavy atom. The van der Waals surface area contributed by atoms with E-state index in [1.165, 1.54) is 21.1 Å². The van der Waals surface area contributed by atoms with Gasteiger partial charge in [-0.05, 0) is 26.6 Å². The molecule has 2 aliphatic rings. The Balaban J connectivity index is 2.32. The minimum atomic E-state index is -2.09. The first-order valence-corrected chi connectivity index (χ1v) is 14.2. The van der Waals surface area contributed by atoms with E-state index >= 15 is 0 Å². The summed E-state index contributed by atoms with van der Waals surface area (Å²) in [6, 6.07) is -0.950. The lowest BCUT2D eigenvalue weighted by atomic mass is 9.95. The van der Waals surface area contributed by atoms with Gasteiger partial charge in [0.1, 0.15) is 49.0 Å². The zero-order chi connectivity index (χ0) is 25.1. The van der Waals surface area contributed by atoms with E-state index in [0.717, 1.165) is 0 Å². The van der Waals surface area contributed by atoms with Crippen molar-refractivity contribution in [1.82, 2.24) is 5.32 Å². The zero-order valence-electron chi connectivity index (χ0n) is 19.8. The molecule has 0 spiro atoms. The van der Waals surface area contributed by atoms with Gasteiger partial charge in [-0.2, -0.15) is 0 Å². The highest BCUT2D eigenvalue weighted by atomic mass is 28.4. The Labute approximate surface area is 194 Å². The topological polar surface area (TPSA) is 189 Å². The maximum atomic E-state index is 10.8. The second-order valence-corrected chi connectivity index (χ2v) is 13.7. The lowest BCUT2D eigenvalue weighted by molar-refractivity contribution is -0.363. The zero-order valence-corrected chi connectivity index (χ0v) is 20.8. The number of nitrogens with one attached hydrogen (secondary N) is 1. The van der Waals surface area contributed by atoms with E-state index in [4.69, 9.17) is 28.1 Å². The van der Waals surface area contributed by atoms with Gasteiger partial charge in [-0.3, -0.25) is 5.32 Å². The third-order valence-electron chi connectivity index (χ3n) is 5.46. The van der Waals surface area contributed by atoms with E-state index in [2.05, 4.69) is 5.32 Å². The Morgan fingerprint density at radius 3 is 2.00 bits per heavy atom. The molecule has 0 radical (unpaired) electrons. The largest absolute Gasteiger partial charge is 0.415 e. The molecule has 0 aromatic rings. The first-order chi connectivity index (χ1) is 15.3. The lowest BCUT2D eigenvalue weighted by Gasteiger charge is -2.48. The van der Waals surface area contributed by atoms with Crippen LogP contribution in [0.1, 0.15) is 6.92 Å². The molecule has 0 aromatic heterocycles. The minimum Gasteiger partial charge on any atom is -0.415 e. The van der Waals surface area contributed by atoms with Crippen LogP contribution in [-0.2, 0) is 28.1 Å². The molecule has 11 atom stereocenters. The summed E-state index contributed by atoms with van der Waals surface area (Å²) < 4.78 is 33.5. The number of rotatable bonds is 10. The predicted octanol–water partition coefficient (Wildman–Crippen LogP) is -2.98. The average molecular weight is 502 g/mol. The minimum absolute atomic E-state index is 0.0299. The van der Waals surface area contributed by atoms with Crippen molar-refractivity contribution < 1.29 is 58.7 Å². The van der Waals surface area contributed by atoms with Gasteiger partial charge in [-0.25, -0.2) is 0 Å². The van der Waals surface area contributed by atoms with E-state index < -0.39 is 82.2 Å². The van der Waals surface area contributed by atoms with Crippen LogP contribution in [-0.4, -0.2) is 134 Å². The van der Waals surface area contributed by atoms with Crippen LogP contribution in [0.25, 0.3) is 0 Å². The molecule has 0 saturated carbocycles. The molecule has 13 nitrogen and oxygen atoms in total. The van der Waals surface area contributed by atoms with Gasteiger partial charge >= 0.3 is 0 Å². The highest BCUT2D eigenvalue weighted by molar-refractivity contribution is 6.69. The maximum absolute atomic E-state index is 10.8. The summed E-state index contributed by atoms with van der Waals surface area (Å²) in [5, 5.41) is 64.1. The van der Waals surface area contributed by atoms with Crippen LogP contribution in [0.5, 0.6) is 0 Å². The molecule has 0 bridgehead atoms. The highest BCUT2D eigenvalue weighted by Gasteiger charge is 2.53. The second kappa shape index (κ2) is 12.1. The number of ether oxygens (including phenoxy) is 5. The van der Waals surface area contributed by atoms with Crippen LogP contribution in [0.3, 0.4) is 0 Å². The van der Waals surface area contributed by atoms with Gasteiger partial charge in [0.25, 0.3) is 0 Å². The van der Waals surface area contributed by atoms with Crippen LogP contribution >= 0.6 is 0 Å². The first-order valence-electron chi connectivity index (χ1n) is 10.8. The second-order valence-electron chi connectivity index (χ2n) is 9.23. The van der Waals surface area contributed by atoms with Crippen LogP contribution in [0.15, 0.2) is 0 Å². The van der Waals surface area contributed by atoms with Gasteiger partial charge in [-0.1, -0.05) is 0 Å². The quantitative estimate of drug-likeness (QED) is 0.119. The molecular weight excluding hydrogens is 462 g/mol. The van der Waals surface area contributed by atoms with Gasteiger partial charge in [0.05, 0.1) is 12.6 Å². The summed E-state index contributed by atoms with van der Waals surface area (Å²) in [7, 11) is 0.626. The molecule has 0 aromatic carbocycles. The normalized spacial score (nSPS) is 41.4. The monoisotopic (exact) mass is 501 g/mol. The number of hydrogen-bond donors (Lipinski definition) is 7. The van der Waals surface area contributed by atoms with E-state index in [0.29, 0.717) is 0 Å². The number of methoxy groups -OCH3 is 2. The van der Waals surface area contributed by atoms with E-state index in [9.17, 15) is 30.6 Å². The summed E-state index contributed by atoms with van der Waals surface area (Å²) in [5.74, 6) is 0. The number of aliphatic hydroxyl groups excluding tert-OH is 5. The number of hydrogen-bond acceptors (Lipinski definition) is 13. The molecule has 5 unspecified atom stereocenters. The lowest BCUT2D eigenvalue weighted by Crippen LogP contribution is -2.69. The Hall–Kier alpha value is -0.303. The molecule has 14 heteroatoms. The van der Waals surface area contributed by atoms with Crippen LogP contribution < -0.4 is 5.32 Å². The van der Waals surface area contributed by atoms with Crippen molar-refractivity contribution in [2.45, 2.75) is 100 Å². The molecular formula is C19H39NO12Si. The van der Waals surface area contributed by atoms with Crippen molar-refractivity contribution in [1.29, 1.82) is 0 Å². The van der Waals surface area contributed by atoms with Crippen molar-refractivity contribution in [2.75, 3.05) is 20.8 Å². The highest BCUT2D eigenvalue weighted by Crippen LogP contribution is 2.31. The molecule has 0 aliphatic carbocycles. The summed E-state index contributed by atoms with van der Waals surface area (Å²) >= 11 is 0. The fraction of sp³-hybridized carbons (Fsp3) is 1.00. The third-order valence-corrected chi connectivity index (χ3v) is 6.49. The van der Waals surface area contributed by atoms with Crippen molar-refractivity contribution in [3.05, 3.63) is 0 Å². The van der Waals surface area contributed by atoms with Crippen LogP contribution in [0.4, 0.5) is 0 Å². The summed E-state index contributed by atoms with van der Waals surface area (Å²) in [6.07, 6.45) is -14.9. The molecule has 7 N–H and O–H groups in total. The van der Waals surface area contributed by atoms with Gasteiger partial charge in [0.15, 0.2) is 27.2 Å². The molecule has 196 valence electrons. The maximum Gasteiger partial charge on any atom is 0.186 e. The Bertz CT molecular complexity index is 594. The van der Waals surface area contributed by atoms with Gasteiger partial charge in [0.2, 0.25) is 0 Å². The van der Waals surface area contributed by atoms with Crippen molar-refractivity contribution in [3.63, 3.8) is 0 Å². The van der Waals surface area contributed by atoms with Gasteiger partial charge in [0, 0.05) is 14.2 Å².